The Kier molecular flexibility index (Phi) is 11.3. The number of carbonyl (C=O) groups is 1. The number of hydrogen-bond donors (Lipinski definition) is 3. The Morgan fingerprint density at radius 2 is 1.77 bits per heavy atom. The molecule has 130 valence electrons. The smallest absolute Gasteiger partial charge is 0.407 e. The Hall–Kier alpha value is -1.50. The summed E-state index contributed by atoms with van der Waals surface area (Å²) in [5, 5.41) is 5.76. The molecule has 0 rings (SSSR count). The number of guanidine groups is 1. The van der Waals surface area contributed by atoms with Crippen LogP contribution in [0.5, 0.6) is 0 Å². The van der Waals surface area contributed by atoms with Crippen molar-refractivity contribution in [1.82, 2.24) is 10.6 Å². The standard InChI is InChI=1S/C15H32N4O3/c1-5-21-12-8-11-18-13(16)17-9-6-7-10-19-14(20)22-15(2,3)4/h5-12H2,1-4H3,(H,19,20)(H3,16,17,18). The summed E-state index contributed by atoms with van der Waals surface area (Å²) in [5.41, 5.74) is 5.27. The summed E-state index contributed by atoms with van der Waals surface area (Å²) in [6.45, 7) is 10.9. The van der Waals surface area contributed by atoms with Crippen LogP contribution in [0.1, 0.15) is 47.0 Å². The Bertz CT molecular complexity index is 327. The maximum absolute atomic E-state index is 11.4. The summed E-state index contributed by atoms with van der Waals surface area (Å²) in [5.74, 6) is 0.455. The number of nitrogens with two attached hydrogens (primary N) is 1. The maximum Gasteiger partial charge on any atom is 0.407 e. The highest BCUT2D eigenvalue weighted by molar-refractivity contribution is 5.77. The zero-order valence-corrected chi connectivity index (χ0v) is 14.4. The number of carbonyl (C=O) groups excluding carboxylic acids is 1. The highest BCUT2D eigenvalue weighted by Crippen LogP contribution is 2.06. The van der Waals surface area contributed by atoms with Crippen molar-refractivity contribution >= 4 is 12.1 Å². The van der Waals surface area contributed by atoms with Gasteiger partial charge in [0, 0.05) is 32.8 Å². The number of aliphatic imine (C=N–C) groups is 1. The van der Waals surface area contributed by atoms with Crippen LogP contribution in [0, 0.1) is 0 Å². The topological polar surface area (TPSA) is 98.0 Å². The third-order valence-electron chi connectivity index (χ3n) is 2.51. The largest absolute Gasteiger partial charge is 0.444 e. The predicted octanol–water partition coefficient (Wildman–Crippen LogP) is 1.62. The molecule has 0 fully saturated rings. The third kappa shape index (κ3) is 14.9. The van der Waals surface area contributed by atoms with Crippen LogP contribution >= 0.6 is 0 Å². The summed E-state index contributed by atoms with van der Waals surface area (Å²) in [6.07, 6.45) is 2.24. The van der Waals surface area contributed by atoms with Crippen LogP contribution in [-0.2, 0) is 9.47 Å². The fraction of sp³-hybridized carbons (Fsp3) is 0.867. The molecule has 0 unspecified atom stereocenters. The first-order valence-corrected chi connectivity index (χ1v) is 7.93. The number of nitrogens with one attached hydrogen (secondary N) is 2. The van der Waals surface area contributed by atoms with Gasteiger partial charge in [0.05, 0.1) is 0 Å². The van der Waals surface area contributed by atoms with Crippen LogP contribution in [0.2, 0.25) is 0 Å². The van der Waals surface area contributed by atoms with Gasteiger partial charge in [0.1, 0.15) is 5.60 Å². The van der Waals surface area contributed by atoms with Crippen molar-refractivity contribution in [1.29, 1.82) is 0 Å². The predicted molar refractivity (Wildman–Crippen MR) is 89.1 cm³/mol. The number of unbranched alkanes of at least 4 members (excludes halogenated alkanes) is 1. The second-order valence-electron chi connectivity index (χ2n) is 5.88. The minimum Gasteiger partial charge on any atom is -0.444 e. The molecule has 0 spiro atoms. The molecule has 0 aromatic rings. The normalized spacial score (nSPS) is 12.1. The summed E-state index contributed by atoms with van der Waals surface area (Å²) in [4.78, 5) is 15.6. The maximum atomic E-state index is 11.4. The average Bonchev–Trinajstić information content (AvgIpc) is 2.40. The number of alkyl carbamates (subject to hydrolysis) is 1. The van der Waals surface area contributed by atoms with Gasteiger partial charge >= 0.3 is 6.09 Å². The molecule has 0 saturated heterocycles. The van der Waals surface area contributed by atoms with E-state index in [9.17, 15) is 4.79 Å². The van der Waals surface area contributed by atoms with Crippen LogP contribution in [0.25, 0.3) is 0 Å². The van der Waals surface area contributed by atoms with E-state index in [2.05, 4.69) is 15.6 Å². The van der Waals surface area contributed by atoms with Gasteiger partial charge in [-0.15, -0.1) is 0 Å². The zero-order valence-electron chi connectivity index (χ0n) is 14.4. The highest BCUT2D eigenvalue weighted by atomic mass is 16.6. The summed E-state index contributed by atoms with van der Waals surface area (Å²) < 4.78 is 10.4. The SMILES string of the molecule is CCOCCCN=C(N)NCCCCNC(=O)OC(C)(C)C. The molecule has 0 aliphatic heterocycles. The minimum atomic E-state index is -0.460. The summed E-state index contributed by atoms with van der Waals surface area (Å²) in [6, 6.07) is 0. The van der Waals surface area contributed by atoms with E-state index in [1.54, 1.807) is 0 Å². The Morgan fingerprint density at radius 1 is 1.14 bits per heavy atom. The van der Waals surface area contributed by atoms with E-state index >= 15 is 0 Å². The molecule has 0 radical (unpaired) electrons. The minimum absolute atomic E-state index is 0.379. The number of ether oxygens (including phenoxy) is 2. The summed E-state index contributed by atoms with van der Waals surface area (Å²) in [7, 11) is 0. The molecule has 4 N–H and O–H groups in total. The molecule has 1 amide bonds. The monoisotopic (exact) mass is 316 g/mol. The first-order chi connectivity index (χ1) is 10.3. The molecular weight excluding hydrogens is 284 g/mol. The number of nitrogens with zero attached hydrogens (tertiary/aromatic N) is 1. The molecule has 0 aromatic carbocycles. The second kappa shape index (κ2) is 12.1. The fourth-order valence-electron chi connectivity index (χ4n) is 1.54. The van der Waals surface area contributed by atoms with Crippen molar-refractivity contribution in [2.75, 3.05) is 32.8 Å². The van der Waals surface area contributed by atoms with Gasteiger partial charge in [-0.3, -0.25) is 4.99 Å². The van der Waals surface area contributed by atoms with Crippen molar-refractivity contribution in [3.8, 4) is 0 Å². The van der Waals surface area contributed by atoms with Crippen molar-refractivity contribution in [2.45, 2.75) is 52.6 Å². The molecule has 0 aliphatic rings. The van der Waals surface area contributed by atoms with Gasteiger partial charge in [0.15, 0.2) is 5.96 Å². The number of amides is 1. The van der Waals surface area contributed by atoms with Crippen LogP contribution < -0.4 is 16.4 Å². The van der Waals surface area contributed by atoms with E-state index < -0.39 is 5.60 Å². The van der Waals surface area contributed by atoms with Gasteiger partial charge in [0.25, 0.3) is 0 Å². The van der Waals surface area contributed by atoms with Crippen molar-refractivity contribution in [3.05, 3.63) is 0 Å². The highest BCUT2D eigenvalue weighted by Gasteiger charge is 2.15. The molecule has 0 atom stereocenters. The van der Waals surface area contributed by atoms with Crippen LogP contribution in [0.15, 0.2) is 4.99 Å². The van der Waals surface area contributed by atoms with Crippen LogP contribution in [0.3, 0.4) is 0 Å². The first kappa shape index (κ1) is 20.5. The van der Waals surface area contributed by atoms with Gasteiger partial charge in [-0.25, -0.2) is 4.79 Å². The van der Waals surface area contributed by atoms with Crippen LogP contribution in [0.4, 0.5) is 4.79 Å². The van der Waals surface area contributed by atoms with E-state index in [0.717, 1.165) is 32.4 Å². The van der Waals surface area contributed by atoms with Crippen molar-refractivity contribution < 1.29 is 14.3 Å². The van der Waals surface area contributed by atoms with Gasteiger partial charge in [-0.05, 0) is 47.0 Å². The lowest BCUT2D eigenvalue weighted by Gasteiger charge is -2.19. The lowest BCUT2D eigenvalue weighted by atomic mass is 10.2. The van der Waals surface area contributed by atoms with E-state index in [-0.39, 0.29) is 6.09 Å². The molecule has 22 heavy (non-hydrogen) atoms. The average molecular weight is 316 g/mol. The molecule has 0 aromatic heterocycles. The fourth-order valence-corrected chi connectivity index (χ4v) is 1.54. The molecule has 7 nitrogen and oxygen atoms in total. The lowest BCUT2D eigenvalue weighted by molar-refractivity contribution is 0.0527. The van der Waals surface area contributed by atoms with Gasteiger partial charge in [0.2, 0.25) is 0 Å². The van der Waals surface area contributed by atoms with Gasteiger partial charge in [-0.2, -0.15) is 0 Å². The number of hydrogen-bond acceptors (Lipinski definition) is 4. The molecule has 0 heterocycles. The molecular formula is C15H32N4O3. The molecule has 0 bridgehead atoms. The van der Waals surface area contributed by atoms with E-state index in [1.165, 1.54) is 0 Å². The Morgan fingerprint density at radius 3 is 2.36 bits per heavy atom. The first-order valence-electron chi connectivity index (χ1n) is 7.93. The second-order valence-corrected chi connectivity index (χ2v) is 5.88. The van der Waals surface area contributed by atoms with E-state index in [1.807, 2.05) is 27.7 Å². The van der Waals surface area contributed by atoms with Crippen LogP contribution in [-0.4, -0.2) is 50.5 Å². The van der Waals surface area contributed by atoms with E-state index in [0.29, 0.717) is 25.7 Å². The van der Waals surface area contributed by atoms with Gasteiger partial charge in [-0.1, -0.05) is 0 Å². The molecule has 0 saturated carbocycles. The Labute approximate surface area is 134 Å². The zero-order chi connectivity index (χ0) is 16.8. The molecule has 0 aliphatic carbocycles. The quantitative estimate of drug-likeness (QED) is 0.323. The number of rotatable bonds is 10. The third-order valence-corrected chi connectivity index (χ3v) is 2.51. The van der Waals surface area contributed by atoms with E-state index in [4.69, 9.17) is 15.2 Å². The molecule has 7 heteroatoms. The Balaban J connectivity index is 3.48. The lowest BCUT2D eigenvalue weighted by Crippen LogP contribution is -2.34. The van der Waals surface area contributed by atoms with Crippen molar-refractivity contribution in [3.63, 3.8) is 0 Å². The van der Waals surface area contributed by atoms with Gasteiger partial charge < -0.3 is 25.8 Å². The van der Waals surface area contributed by atoms with Crippen molar-refractivity contribution in [2.24, 2.45) is 10.7 Å². The summed E-state index contributed by atoms with van der Waals surface area (Å²) >= 11 is 0.